The molecule has 1 rings (SSSR count). The lowest BCUT2D eigenvalue weighted by molar-refractivity contribution is 0.0535. The third-order valence-corrected chi connectivity index (χ3v) is 1.91. The van der Waals surface area contributed by atoms with Gasteiger partial charge in [0.15, 0.2) is 17.4 Å². The van der Waals surface area contributed by atoms with Gasteiger partial charge in [0.1, 0.15) is 6.61 Å². The molecule has 0 N–H and O–H groups in total. The lowest BCUT2D eigenvalue weighted by atomic mass is 10.2. The van der Waals surface area contributed by atoms with Crippen LogP contribution >= 0.6 is 0 Å². The predicted molar refractivity (Wildman–Crippen MR) is 57.7 cm³/mol. The van der Waals surface area contributed by atoms with Gasteiger partial charge in [-0.05, 0) is 26.0 Å². The van der Waals surface area contributed by atoms with Crippen molar-refractivity contribution in [1.29, 1.82) is 5.26 Å². The second-order valence-corrected chi connectivity index (χ2v) is 3.65. The molecule has 0 spiro atoms. The maximum atomic E-state index is 13.3. The summed E-state index contributed by atoms with van der Waals surface area (Å²) in [4.78, 5) is 0. The van der Waals surface area contributed by atoms with E-state index in [0.717, 1.165) is 12.1 Å². The van der Waals surface area contributed by atoms with Crippen molar-refractivity contribution < 1.29 is 18.3 Å². The molecule has 3 nitrogen and oxygen atoms in total. The molecule has 0 unspecified atom stereocenters. The summed E-state index contributed by atoms with van der Waals surface area (Å²) >= 11 is 0. The summed E-state index contributed by atoms with van der Waals surface area (Å²) < 4.78 is 36.8. The molecule has 0 fully saturated rings. The smallest absolute Gasteiger partial charge is 0.190 e. The molecule has 0 aromatic heterocycles. The molecule has 0 heterocycles. The lowest BCUT2D eigenvalue weighted by Crippen LogP contribution is -2.12. The van der Waals surface area contributed by atoms with Gasteiger partial charge >= 0.3 is 0 Å². The number of rotatable bonds is 5. The fourth-order valence-electron chi connectivity index (χ4n) is 1.19. The summed E-state index contributed by atoms with van der Waals surface area (Å²) in [7, 11) is 0. The third kappa shape index (κ3) is 4.00. The minimum atomic E-state index is -0.883. The Labute approximate surface area is 98.6 Å². The van der Waals surface area contributed by atoms with Crippen LogP contribution in [0.5, 0.6) is 5.75 Å². The quantitative estimate of drug-likeness (QED) is 0.744. The maximum Gasteiger partial charge on any atom is 0.190 e. The number of halogens is 2. The van der Waals surface area contributed by atoms with Gasteiger partial charge in [-0.2, -0.15) is 5.26 Å². The van der Waals surface area contributed by atoms with E-state index in [1.165, 1.54) is 0 Å². The average molecular weight is 241 g/mol. The highest BCUT2D eigenvalue weighted by molar-refractivity contribution is 5.37. The number of benzene rings is 1. The van der Waals surface area contributed by atoms with Crippen LogP contribution in [0.4, 0.5) is 8.78 Å². The molecule has 0 saturated heterocycles. The topological polar surface area (TPSA) is 42.2 Å². The molecule has 0 radical (unpaired) electrons. The summed E-state index contributed by atoms with van der Waals surface area (Å²) in [6, 6.07) is 3.52. The van der Waals surface area contributed by atoms with E-state index in [-0.39, 0.29) is 24.9 Å². The van der Waals surface area contributed by atoms with Crippen LogP contribution < -0.4 is 4.74 Å². The first-order chi connectivity index (χ1) is 8.04. The van der Waals surface area contributed by atoms with Gasteiger partial charge in [0.25, 0.3) is 0 Å². The highest BCUT2D eigenvalue weighted by Gasteiger charge is 2.12. The second-order valence-electron chi connectivity index (χ2n) is 3.65. The number of hydrogen-bond acceptors (Lipinski definition) is 3. The van der Waals surface area contributed by atoms with Crippen LogP contribution in [0.2, 0.25) is 0 Å². The van der Waals surface area contributed by atoms with Crippen molar-refractivity contribution in [3.8, 4) is 11.8 Å². The molecular weight excluding hydrogens is 228 g/mol. The summed E-state index contributed by atoms with van der Waals surface area (Å²) in [6.07, 6.45) is 0.0364. The standard InChI is InChI=1S/C12H13F2NO2/c1-8(2)16-3-4-17-12-10(13)5-9(7-15)6-11(12)14/h5-6,8H,3-4H2,1-2H3. The molecule has 0 atom stereocenters. The van der Waals surface area contributed by atoms with Crippen LogP contribution in [-0.4, -0.2) is 19.3 Å². The second kappa shape index (κ2) is 6.16. The summed E-state index contributed by atoms with van der Waals surface area (Å²) in [6.45, 7) is 4.00. The van der Waals surface area contributed by atoms with Crippen LogP contribution in [0.15, 0.2) is 12.1 Å². The van der Waals surface area contributed by atoms with Crippen molar-refractivity contribution >= 4 is 0 Å². The Morgan fingerprint density at radius 2 is 1.82 bits per heavy atom. The zero-order valence-corrected chi connectivity index (χ0v) is 9.67. The van der Waals surface area contributed by atoms with Gasteiger partial charge in [0.2, 0.25) is 0 Å². The molecule has 0 saturated carbocycles. The lowest BCUT2D eigenvalue weighted by Gasteiger charge is -2.10. The Balaban J connectivity index is 2.63. The Morgan fingerprint density at radius 3 is 2.29 bits per heavy atom. The van der Waals surface area contributed by atoms with Crippen molar-refractivity contribution in [2.45, 2.75) is 20.0 Å². The summed E-state index contributed by atoms with van der Waals surface area (Å²) in [5.41, 5.74) is -0.0780. The van der Waals surface area contributed by atoms with Crippen LogP contribution in [0.25, 0.3) is 0 Å². The molecule has 0 amide bonds. The van der Waals surface area contributed by atoms with Gasteiger partial charge < -0.3 is 9.47 Å². The van der Waals surface area contributed by atoms with Crippen molar-refractivity contribution in [3.05, 3.63) is 29.3 Å². The fraction of sp³-hybridized carbons (Fsp3) is 0.417. The van der Waals surface area contributed by atoms with Crippen LogP contribution in [0.1, 0.15) is 19.4 Å². The van der Waals surface area contributed by atoms with Crippen LogP contribution in [0, 0.1) is 23.0 Å². The fourth-order valence-corrected chi connectivity index (χ4v) is 1.19. The zero-order chi connectivity index (χ0) is 12.8. The molecule has 1 aromatic carbocycles. The van der Waals surface area contributed by atoms with Gasteiger partial charge in [-0.15, -0.1) is 0 Å². The van der Waals surface area contributed by atoms with E-state index in [0.29, 0.717) is 0 Å². The Bertz CT molecular complexity index is 404. The predicted octanol–water partition coefficient (Wildman–Crippen LogP) is 2.64. The highest BCUT2D eigenvalue weighted by Crippen LogP contribution is 2.22. The van der Waals surface area contributed by atoms with Gasteiger partial charge in [-0.25, -0.2) is 8.78 Å². The number of nitrogens with zero attached hydrogens (tertiary/aromatic N) is 1. The normalized spacial score (nSPS) is 10.4. The Hall–Kier alpha value is -1.67. The largest absolute Gasteiger partial charge is 0.485 e. The maximum absolute atomic E-state index is 13.3. The van der Waals surface area contributed by atoms with Crippen molar-refractivity contribution in [2.75, 3.05) is 13.2 Å². The molecule has 0 aliphatic carbocycles. The SMILES string of the molecule is CC(C)OCCOc1c(F)cc(C#N)cc1F. The molecule has 92 valence electrons. The van der Waals surface area contributed by atoms with E-state index in [2.05, 4.69) is 0 Å². The van der Waals surface area contributed by atoms with Crippen LogP contribution in [-0.2, 0) is 4.74 Å². The van der Waals surface area contributed by atoms with E-state index >= 15 is 0 Å². The first-order valence-corrected chi connectivity index (χ1v) is 5.18. The van der Waals surface area contributed by atoms with E-state index in [9.17, 15) is 8.78 Å². The molecule has 0 bridgehead atoms. The van der Waals surface area contributed by atoms with Gasteiger partial charge in [-0.1, -0.05) is 0 Å². The molecule has 0 aliphatic heterocycles. The molecule has 1 aromatic rings. The van der Waals surface area contributed by atoms with Crippen molar-refractivity contribution in [2.24, 2.45) is 0 Å². The summed E-state index contributed by atoms with van der Waals surface area (Å²) in [5, 5.41) is 8.51. The van der Waals surface area contributed by atoms with E-state index < -0.39 is 17.4 Å². The summed E-state index contributed by atoms with van der Waals surface area (Å²) in [5.74, 6) is -2.24. The molecule has 0 aliphatic rings. The monoisotopic (exact) mass is 241 g/mol. The van der Waals surface area contributed by atoms with E-state index in [1.54, 1.807) is 6.07 Å². The van der Waals surface area contributed by atoms with E-state index in [4.69, 9.17) is 14.7 Å². The Morgan fingerprint density at radius 1 is 1.24 bits per heavy atom. The Kier molecular flexibility index (Phi) is 4.85. The highest BCUT2D eigenvalue weighted by atomic mass is 19.1. The van der Waals surface area contributed by atoms with Crippen molar-refractivity contribution in [3.63, 3.8) is 0 Å². The van der Waals surface area contributed by atoms with Crippen molar-refractivity contribution in [1.82, 2.24) is 0 Å². The average Bonchev–Trinajstić information content (AvgIpc) is 2.26. The number of nitriles is 1. The molecule has 5 heteroatoms. The molecular formula is C12H13F2NO2. The minimum Gasteiger partial charge on any atom is -0.485 e. The third-order valence-electron chi connectivity index (χ3n) is 1.91. The minimum absolute atomic E-state index is 0.0364. The van der Waals surface area contributed by atoms with Gasteiger partial charge in [-0.3, -0.25) is 0 Å². The van der Waals surface area contributed by atoms with Gasteiger partial charge in [0.05, 0.1) is 24.3 Å². The number of ether oxygens (including phenoxy) is 2. The zero-order valence-electron chi connectivity index (χ0n) is 9.67. The first-order valence-electron chi connectivity index (χ1n) is 5.18. The van der Waals surface area contributed by atoms with E-state index in [1.807, 2.05) is 13.8 Å². The van der Waals surface area contributed by atoms with Gasteiger partial charge in [0, 0.05) is 0 Å². The van der Waals surface area contributed by atoms with Crippen LogP contribution in [0.3, 0.4) is 0 Å². The number of hydrogen-bond donors (Lipinski definition) is 0. The molecule has 17 heavy (non-hydrogen) atoms. The first kappa shape index (κ1) is 13.4.